The van der Waals surface area contributed by atoms with Crippen molar-refractivity contribution in [2.75, 3.05) is 0 Å². The Balaban J connectivity index is 1.40. The summed E-state index contributed by atoms with van der Waals surface area (Å²) in [5.41, 5.74) is 6.77. The van der Waals surface area contributed by atoms with Gasteiger partial charge in [0.15, 0.2) is 0 Å². The summed E-state index contributed by atoms with van der Waals surface area (Å²) in [7, 11) is -1.74. The molecule has 0 saturated carbocycles. The van der Waals surface area contributed by atoms with Gasteiger partial charge in [-0.3, -0.25) is 4.57 Å². The second-order valence-corrected chi connectivity index (χ2v) is 14.1. The Morgan fingerprint density at radius 2 is 1.11 bits per heavy atom. The lowest BCUT2D eigenvalue weighted by atomic mass is 10.0. The average Bonchev–Trinajstić information content (AvgIpc) is 3.59. The van der Waals surface area contributed by atoms with E-state index in [-0.39, 0.29) is 0 Å². The molecule has 6 aromatic carbocycles. The van der Waals surface area contributed by atoms with Crippen molar-refractivity contribution in [3.8, 4) is 28.3 Å². The monoisotopic (exact) mass is 581 g/mol. The number of benzene rings is 6. The number of rotatable bonds is 4. The smallest absolute Gasteiger partial charge is 0.235 e. The summed E-state index contributed by atoms with van der Waals surface area (Å²) >= 11 is 0. The molecule has 1 aliphatic heterocycles. The fourth-order valence-corrected chi connectivity index (χ4v) is 11.1. The highest BCUT2D eigenvalue weighted by molar-refractivity contribution is 8.34. The van der Waals surface area contributed by atoms with Gasteiger partial charge in [-0.2, -0.15) is 0 Å². The zero-order valence-electron chi connectivity index (χ0n) is 23.8. The Kier molecular flexibility index (Phi) is 5.59. The fourth-order valence-electron chi connectivity index (χ4n) is 6.87. The minimum Gasteiger partial charge on any atom is -0.278 e. The summed E-state index contributed by atoms with van der Waals surface area (Å²) in [5, 5.41) is 2.41. The van der Waals surface area contributed by atoms with Crippen LogP contribution < -0.4 is 0 Å². The van der Waals surface area contributed by atoms with E-state index in [1.165, 1.54) is 41.5 Å². The Bertz CT molecular complexity index is 2290. The normalized spacial score (nSPS) is 13.9. The summed E-state index contributed by atoms with van der Waals surface area (Å²) in [6.07, 6.45) is 1.87. The molecule has 0 unspecified atom stereocenters. The highest BCUT2D eigenvalue weighted by atomic mass is 32.3. The van der Waals surface area contributed by atoms with Crippen LogP contribution in [0.15, 0.2) is 184 Å². The van der Waals surface area contributed by atoms with E-state index in [2.05, 4.69) is 138 Å². The molecular formula is C40H27N3S. The first kappa shape index (κ1) is 25.1. The van der Waals surface area contributed by atoms with Gasteiger partial charge in [0.05, 0.1) is 16.7 Å². The minimum absolute atomic E-state index is 0.675. The molecule has 3 heterocycles. The maximum Gasteiger partial charge on any atom is 0.235 e. The maximum atomic E-state index is 5.10. The molecular weight excluding hydrogens is 555 g/mol. The van der Waals surface area contributed by atoms with Crippen LogP contribution in [0, 0.1) is 0 Å². The molecule has 8 aromatic rings. The van der Waals surface area contributed by atoms with Gasteiger partial charge in [0.1, 0.15) is 0 Å². The van der Waals surface area contributed by atoms with Gasteiger partial charge in [-0.1, -0.05) is 103 Å². The van der Waals surface area contributed by atoms with Crippen LogP contribution in [-0.4, -0.2) is 14.5 Å². The molecule has 3 nitrogen and oxygen atoms in total. The van der Waals surface area contributed by atoms with Crippen LogP contribution in [0.25, 0.3) is 50.1 Å². The van der Waals surface area contributed by atoms with Crippen molar-refractivity contribution in [3.63, 3.8) is 0 Å². The van der Waals surface area contributed by atoms with Gasteiger partial charge in [-0.05, 0) is 65.7 Å². The van der Waals surface area contributed by atoms with Crippen LogP contribution in [0.4, 0.5) is 0 Å². The van der Waals surface area contributed by atoms with Gasteiger partial charge in [-0.15, -0.1) is 10.0 Å². The third-order valence-electron chi connectivity index (χ3n) is 8.72. The molecule has 0 aliphatic carbocycles. The van der Waals surface area contributed by atoms with Crippen LogP contribution >= 0.6 is 10.0 Å². The third kappa shape index (κ3) is 3.52. The highest BCUT2D eigenvalue weighted by Crippen LogP contribution is 2.80. The maximum absolute atomic E-state index is 5.10. The molecule has 2 aromatic heterocycles. The number of aromatic nitrogens is 3. The molecule has 0 bridgehead atoms. The van der Waals surface area contributed by atoms with E-state index in [9.17, 15) is 0 Å². The summed E-state index contributed by atoms with van der Waals surface area (Å²) in [5.74, 6) is 0.675. The molecule has 4 heteroatoms. The number of para-hydroxylation sites is 1. The molecule has 0 saturated heterocycles. The van der Waals surface area contributed by atoms with Crippen LogP contribution in [-0.2, 0) is 0 Å². The van der Waals surface area contributed by atoms with Gasteiger partial charge in [0.2, 0.25) is 5.95 Å². The van der Waals surface area contributed by atoms with Crippen molar-refractivity contribution in [1.29, 1.82) is 0 Å². The molecule has 0 spiro atoms. The van der Waals surface area contributed by atoms with E-state index in [0.29, 0.717) is 5.95 Å². The Labute approximate surface area is 257 Å². The van der Waals surface area contributed by atoms with E-state index < -0.39 is 10.0 Å². The largest absolute Gasteiger partial charge is 0.278 e. The highest BCUT2D eigenvalue weighted by Gasteiger charge is 2.42. The molecule has 0 N–H and O–H groups in total. The first-order valence-electron chi connectivity index (χ1n) is 14.8. The average molecular weight is 582 g/mol. The molecule has 0 atom stereocenters. The predicted molar refractivity (Wildman–Crippen MR) is 181 cm³/mol. The second kappa shape index (κ2) is 9.80. The minimum atomic E-state index is -1.74. The second-order valence-electron chi connectivity index (χ2n) is 11.1. The zero-order valence-corrected chi connectivity index (χ0v) is 24.7. The Morgan fingerprint density at radius 3 is 1.86 bits per heavy atom. The Hall–Kier alpha value is -5.45. The molecule has 9 rings (SSSR count). The quantitative estimate of drug-likeness (QED) is 0.207. The van der Waals surface area contributed by atoms with Gasteiger partial charge in [0, 0.05) is 42.1 Å². The lowest BCUT2D eigenvalue weighted by Gasteiger charge is -2.39. The molecule has 0 fully saturated rings. The molecule has 44 heavy (non-hydrogen) atoms. The van der Waals surface area contributed by atoms with E-state index in [1.54, 1.807) is 0 Å². The van der Waals surface area contributed by atoms with E-state index in [1.807, 2.05) is 30.5 Å². The number of nitrogens with zero attached hydrogens (tertiary/aromatic N) is 3. The van der Waals surface area contributed by atoms with Gasteiger partial charge in [0.25, 0.3) is 0 Å². The molecule has 1 aliphatic rings. The zero-order chi connectivity index (χ0) is 29.1. The predicted octanol–water partition coefficient (Wildman–Crippen LogP) is 10.6. The van der Waals surface area contributed by atoms with Crippen LogP contribution in [0.2, 0.25) is 0 Å². The summed E-state index contributed by atoms with van der Waals surface area (Å²) in [6, 6.07) is 57.0. The van der Waals surface area contributed by atoms with Crippen LogP contribution in [0.1, 0.15) is 0 Å². The van der Waals surface area contributed by atoms with E-state index in [4.69, 9.17) is 9.97 Å². The fraction of sp³-hybridized carbons (Fsp3) is 0. The van der Waals surface area contributed by atoms with Crippen molar-refractivity contribution in [1.82, 2.24) is 14.5 Å². The molecule has 0 amide bonds. The van der Waals surface area contributed by atoms with E-state index >= 15 is 0 Å². The van der Waals surface area contributed by atoms with Crippen molar-refractivity contribution < 1.29 is 0 Å². The number of fused-ring (bicyclic) bond motifs is 6. The van der Waals surface area contributed by atoms with Gasteiger partial charge >= 0.3 is 0 Å². The van der Waals surface area contributed by atoms with Crippen LogP contribution in [0.5, 0.6) is 0 Å². The number of hydrogen-bond donors (Lipinski definition) is 0. The van der Waals surface area contributed by atoms with Crippen molar-refractivity contribution in [2.45, 2.75) is 19.6 Å². The summed E-state index contributed by atoms with van der Waals surface area (Å²) < 4.78 is 2.24. The first-order valence-corrected chi connectivity index (χ1v) is 16.5. The van der Waals surface area contributed by atoms with Crippen LogP contribution in [0.3, 0.4) is 0 Å². The lowest BCUT2D eigenvalue weighted by Crippen LogP contribution is -2.02. The molecule has 0 radical (unpaired) electrons. The SMILES string of the molecule is c1ccc(-c2ccnc(-n3c4ccccc4c4cc5c(cc43)-c3ccccc3S5(c3ccccc3)c3ccccc3)n2)cc1. The van der Waals surface area contributed by atoms with Crippen molar-refractivity contribution in [2.24, 2.45) is 0 Å². The third-order valence-corrected chi connectivity index (χ3v) is 12.7. The van der Waals surface area contributed by atoms with Crippen molar-refractivity contribution >= 4 is 31.8 Å². The van der Waals surface area contributed by atoms with Crippen molar-refractivity contribution in [3.05, 3.63) is 164 Å². The lowest BCUT2D eigenvalue weighted by molar-refractivity contribution is 0.992. The summed E-state index contributed by atoms with van der Waals surface area (Å²) in [6.45, 7) is 0. The topological polar surface area (TPSA) is 30.7 Å². The van der Waals surface area contributed by atoms with Gasteiger partial charge < -0.3 is 0 Å². The number of hydrogen-bond acceptors (Lipinski definition) is 2. The van der Waals surface area contributed by atoms with E-state index in [0.717, 1.165) is 22.3 Å². The van der Waals surface area contributed by atoms with Gasteiger partial charge in [-0.25, -0.2) is 9.97 Å². The first-order chi connectivity index (χ1) is 21.8. The standard InChI is InChI=1S/C40H27N3S/c1-4-14-28(15-5-1)35-24-25-41-40(42-35)43-36-22-12-10-20-31(36)33-27-39-34(26-37(33)43)32-21-11-13-23-38(32)44(39,29-16-6-2-7-17-29)30-18-8-3-9-19-30/h1-27H. The summed E-state index contributed by atoms with van der Waals surface area (Å²) in [4.78, 5) is 15.4. The Morgan fingerprint density at radius 1 is 0.477 bits per heavy atom. The molecule has 208 valence electrons.